The topological polar surface area (TPSA) is 40.5 Å². The number of hydrogen-bond donors (Lipinski definition) is 2. The number of thiophene rings is 1. The largest absolute Gasteiger partial charge is 0.489 e. The van der Waals surface area contributed by atoms with Gasteiger partial charge < -0.3 is 10.0 Å². The Bertz CT molecular complexity index is 485. The zero-order valence-electron chi connectivity index (χ0n) is 6.87. The number of rotatable bonds is 1. The van der Waals surface area contributed by atoms with Crippen LogP contribution in [0.15, 0.2) is 22.7 Å². The van der Waals surface area contributed by atoms with Gasteiger partial charge in [0.15, 0.2) is 5.13 Å². The summed E-state index contributed by atoms with van der Waals surface area (Å²) in [4.78, 5) is 0. The molecule has 0 saturated heterocycles. The Morgan fingerprint density at radius 3 is 2.71 bits per heavy atom. The first-order valence-corrected chi connectivity index (χ1v) is 5.44. The Kier molecular flexibility index (Phi) is 2.61. The molecular weight excluding hydrogens is 270 g/mol. The highest BCUT2D eigenvalue weighted by Gasteiger charge is 2.18. The lowest BCUT2D eigenvalue weighted by Gasteiger charge is -1.99. The van der Waals surface area contributed by atoms with Crippen LogP contribution >= 0.6 is 27.3 Å². The highest BCUT2D eigenvalue weighted by molar-refractivity contribution is 9.10. The lowest BCUT2D eigenvalue weighted by atomic mass is 9.80. The third-order valence-corrected chi connectivity index (χ3v) is 4.01. The SMILES string of the molecule is OB(O)c1cccc2c(Br)c(F)sc12. The van der Waals surface area contributed by atoms with E-state index in [9.17, 15) is 4.39 Å². The molecule has 0 atom stereocenters. The second-order valence-electron chi connectivity index (χ2n) is 2.79. The fourth-order valence-electron chi connectivity index (χ4n) is 1.29. The maximum atomic E-state index is 13.2. The van der Waals surface area contributed by atoms with Crippen LogP contribution in [0.1, 0.15) is 0 Å². The molecule has 14 heavy (non-hydrogen) atoms. The first kappa shape index (κ1) is 10.1. The molecule has 0 spiro atoms. The molecule has 0 aliphatic heterocycles. The van der Waals surface area contributed by atoms with Crippen molar-refractivity contribution in [1.29, 1.82) is 0 Å². The van der Waals surface area contributed by atoms with Crippen molar-refractivity contribution in [3.05, 3.63) is 27.8 Å². The number of hydrogen-bond acceptors (Lipinski definition) is 3. The lowest BCUT2D eigenvalue weighted by Crippen LogP contribution is -2.29. The molecule has 2 aromatic rings. The Morgan fingerprint density at radius 2 is 2.07 bits per heavy atom. The maximum Gasteiger partial charge on any atom is 0.489 e. The Balaban J connectivity index is 2.81. The molecule has 2 N–H and O–H groups in total. The van der Waals surface area contributed by atoms with Crippen molar-refractivity contribution in [2.24, 2.45) is 0 Å². The molecule has 0 unspecified atom stereocenters. The van der Waals surface area contributed by atoms with Gasteiger partial charge in [0.1, 0.15) is 0 Å². The lowest BCUT2D eigenvalue weighted by molar-refractivity contribution is 0.426. The summed E-state index contributed by atoms with van der Waals surface area (Å²) in [5, 5.41) is 18.4. The standard InChI is InChI=1S/C8H5BBrFO2S/c10-6-4-2-1-3-5(9(12)13)7(4)14-8(6)11/h1-3,12-13H. The van der Waals surface area contributed by atoms with Gasteiger partial charge in [0.25, 0.3) is 0 Å². The van der Waals surface area contributed by atoms with E-state index in [4.69, 9.17) is 10.0 Å². The smallest absolute Gasteiger partial charge is 0.423 e. The van der Waals surface area contributed by atoms with Crippen molar-refractivity contribution in [2.45, 2.75) is 0 Å². The van der Waals surface area contributed by atoms with Gasteiger partial charge in [0, 0.05) is 15.5 Å². The van der Waals surface area contributed by atoms with Gasteiger partial charge in [-0.3, -0.25) is 0 Å². The Morgan fingerprint density at radius 1 is 1.36 bits per heavy atom. The molecule has 0 amide bonds. The molecule has 1 heterocycles. The summed E-state index contributed by atoms with van der Waals surface area (Å²) in [5.74, 6) is 0. The minimum Gasteiger partial charge on any atom is -0.423 e. The van der Waals surface area contributed by atoms with Crippen LogP contribution in [0.25, 0.3) is 10.1 Å². The van der Waals surface area contributed by atoms with Crippen LogP contribution in [0.2, 0.25) is 0 Å². The molecule has 0 radical (unpaired) electrons. The van der Waals surface area contributed by atoms with Crippen molar-refractivity contribution < 1.29 is 14.4 Å². The van der Waals surface area contributed by atoms with Crippen LogP contribution in [0, 0.1) is 5.13 Å². The Labute approximate surface area is 92.3 Å². The van der Waals surface area contributed by atoms with Gasteiger partial charge in [-0.1, -0.05) is 18.2 Å². The van der Waals surface area contributed by atoms with Crippen LogP contribution in [0.5, 0.6) is 0 Å². The second-order valence-corrected chi connectivity index (χ2v) is 4.55. The summed E-state index contributed by atoms with van der Waals surface area (Å²) >= 11 is 4.01. The summed E-state index contributed by atoms with van der Waals surface area (Å²) in [6.45, 7) is 0. The third kappa shape index (κ3) is 1.48. The van der Waals surface area contributed by atoms with E-state index in [1.807, 2.05) is 0 Å². The van der Waals surface area contributed by atoms with E-state index in [0.29, 0.717) is 20.0 Å². The quantitative estimate of drug-likeness (QED) is 0.774. The van der Waals surface area contributed by atoms with E-state index in [2.05, 4.69) is 15.9 Å². The molecule has 0 aliphatic carbocycles. The zero-order valence-corrected chi connectivity index (χ0v) is 9.27. The van der Waals surface area contributed by atoms with Crippen molar-refractivity contribution in [3.8, 4) is 0 Å². The van der Waals surface area contributed by atoms with Crippen LogP contribution in [-0.4, -0.2) is 17.2 Å². The van der Waals surface area contributed by atoms with Gasteiger partial charge in [-0.25, -0.2) is 0 Å². The van der Waals surface area contributed by atoms with Crippen LogP contribution in [0.3, 0.4) is 0 Å². The van der Waals surface area contributed by atoms with Crippen molar-refractivity contribution >= 4 is 49.9 Å². The highest BCUT2D eigenvalue weighted by atomic mass is 79.9. The molecule has 0 bridgehead atoms. The van der Waals surface area contributed by atoms with E-state index in [1.54, 1.807) is 18.2 Å². The van der Waals surface area contributed by atoms with E-state index in [-0.39, 0.29) is 5.13 Å². The first-order valence-electron chi connectivity index (χ1n) is 3.84. The number of fused-ring (bicyclic) bond motifs is 1. The third-order valence-electron chi connectivity index (χ3n) is 1.92. The van der Waals surface area contributed by atoms with Gasteiger partial charge in [-0.05, 0) is 15.9 Å². The van der Waals surface area contributed by atoms with Gasteiger partial charge in [0.2, 0.25) is 0 Å². The fourth-order valence-corrected chi connectivity index (χ4v) is 2.94. The molecule has 72 valence electrons. The van der Waals surface area contributed by atoms with E-state index in [0.717, 1.165) is 11.3 Å². The van der Waals surface area contributed by atoms with Crippen molar-refractivity contribution in [2.75, 3.05) is 0 Å². The molecule has 0 saturated carbocycles. The average molecular weight is 275 g/mol. The molecule has 0 fully saturated rings. The maximum absolute atomic E-state index is 13.2. The van der Waals surface area contributed by atoms with Gasteiger partial charge in [0.05, 0.1) is 4.47 Å². The summed E-state index contributed by atoms with van der Waals surface area (Å²) in [6, 6.07) is 4.95. The summed E-state index contributed by atoms with van der Waals surface area (Å²) in [7, 11) is -1.57. The monoisotopic (exact) mass is 274 g/mol. The molecule has 1 aromatic carbocycles. The zero-order chi connectivity index (χ0) is 10.3. The number of halogens is 2. The van der Waals surface area contributed by atoms with Gasteiger partial charge in [-0.15, -0.1) is 11.3 Å². The summed E-state index contributed by atoms with van der Waals surface area (Å²) in [5.41, 5.74) is 0.331. The molecule has 2 nitrogen and oxygen atoms in total. The van der Waals surface area contributed by atoms with Crippen LogP contribution in [0.4, 0.5) is 4.39 Å². The summed E-state index contributed by atoms with van der Waals surface area (Å²) < 4.78 is 14.1. The van der Waals surface area contributed by atoms with Crippen molar-refractivity contribution in [1.82, 2.24) is 0 Å². The molecular formula is C8H5BBrFO2S. The molecule has 1 aromatic heterocycles. The van der Waals surface area contributed by atoms with E-state index >= 15 is 0 Å². The van der Waals surface area contributed by atoms with E-state index in [1.165, 1.54) is 0 Å². The second kappa shape index (κ2) is 3.62. The fraction of sp³-hybridized carbons (Fsp3) is 0. The highest BCUT2D eigenvalue weighted by Crippen LogP contribution is 2.32. The molecule has 0 aliphatic rings. The van der Waals surface area contributed by atoms with E-state index < -0.39 is 7.12 Å². The van der Waals surface area contributed by atoms with Crippen molar-refractivity contribution in [3.63, 3.8) is 0 Å². The predicted octanol–water partition coefficient (Wildman–Crippen LogP) is 1.48. The minimum atomic E-state index is -1.57. The molecule has 2 rings (SSSR count). The van der Waals surface area contributed by atoms with Gasteiger partial charge >= 0.3 is 7.12 Å². The van der Waals surface area contributed by atoms with Crippen LogP contribution < -0.4 is 5.46 Å². The number of benzene rings is 1. The predicted molar refractivity (Wildman–Crippen MR) is 59.3 cm³/mol. The van der Waals surface area contributed by atoms with Crippen LogP contribution in [-0.2, 0) is 0 Å². The Hall–Kier alpha value is -0.425. The summed E-state index contributed by atoms with van der Waals surface area (Å²) in [6.07, 6.45) is 0. The normalized spacial score (nSPS) is 10.9. The molecule has 6 heteroatoms. The van der Waals surface area contributed by atoms with Gasteiger partial charge in [-0.2, -0.15) is 4.39 Å². The minimum absolute atomic E-state index is 0.331. The average Bonchev–Trinajstić information content (AvgIpc) is 2.43. The first-order chi connectivity index (χ1) is 6.61.